The molecule has 6 nitrogen and oxygen atoms in total. The van der Waals surface area contributed by atoms with Crippen molar-refractivity contribution in [3.05, 3.63) is 30.3 Å². The van der Waals surface area contributed by atoms with Gasteiger partial charge in [0.25, 0.3) is 5.91 Å². The summed E-state index contributed by atoms with van der Waals surface area (Å²) in [4.78, 5) is 11.5. The minimum atomic E-state index is -1.24. The van der Waals surface area contributed by atoms with Gasteiger partial charge in [-0.3, -0.25) is 4.79 Å². The fraction of sp³-hybridized carbons (Fsp3) is 0.533. The van der Waals surface area contributed by atoms with Crippen LogP contribution in [0.4, 0.5) is 0 Å². The van der Waals surface area contributed by atoms with Crippen LogP contribution in [0, 0.1) is 0 Å². The van der Waals surface area contributed by atoms with Gasteiger partial charge in [0.1, 0.15) is 18.5 Å². The number of aliphatic hydroxyl groups is 1. The van der Waals surface area contributed by atoms with Gasteiger partial charge in [0.2, 0.25) is 0 Å². The van der Waals surface area contributed by atoms with E-state index >= 15 is 0 Å². The summed E-state index contributed by atoms with van der Waals surface area (Å²) in [6.45, 7) is 4.72. The van der Waals surface area contributed by atoms with Crippen LogP contribution < -0.4 is 15.8 Å². The van der Waals surface area contributed by atoms with Gasteiger partial charge in [0.05, 0.1) is 13.2 Å². The monoisotopic (exact) mass is 296 g/mol. The van der Waals surface area contributed by atoms with E-state index in [-0.39, 0.29) is 0 Å². The summed E-state index contributed by atoms with van der Waals surface area (Å²) in [5.74, 6) is 0.300. The molecule has 0 aliphatic rings. The third-order valence-electron chi connectivity index (χ3n) is 2.74. The summed E-state index contributed by atoms with van der Waals surface area (Å²) in [5, 5.41) is 12.2. The Morgan fingerprint density at radius 2 is 1.95 bits per heavy atom. The molecule has 1 amide bonds. The van der Waals surface area contributed by atoms with E-state index in [1.807, 2.05) is 30.3 Å². The highest BCUT2D eigenvalue weighted by molar-refractivity contribution is 5.81. The number of amides is 1. The Labute approximate surface area is 125 Å². The van der Waals surface area contributed by atoms with E-state index in [1.54, 1.807) is 13.8 Å². The van der Waals surface area contributed by atoms with E-state index in [4.69, 9.17) is 15.2 Å². The van der Waals surface area contributed by atoms with Crippen LogP contribution in [0.1, 0.15) is 13.8 Å². The Bertz CT molecular complexity index is 417. The quantitative estimate of drug-likeness (QED) is 0.570. The molecule has 0 aromatic heterocycles. The van der Waals surface area contributed by atoms with E-state index < -0.39 is 17.6 Å². The summed E-state index contributed by atoms with van der Waals surface area (Å²) in [7, 11) is 0. The van der Waals surface area contributed by atoms with Gasteiger partial charge >= 0.3 is 0 Å². The van der Waals surface area contributed by atoms with Crippen LogP contribution in [-0.2, 0) is 9.53 Å². The maximum Gasteiger partial charge on any atom is 0.250 e. The van der Waals surface area contributed by atoms with Gasteiger partial charge in [-0.2, -0.15) is 0 Å². The van der Waals surface area contributed by atoms with Gasteiger partial charge < -0.3 is 25.6 Å². The average molecular weight is 296 g/mol. The second-order valence-electron chi connectivity index (χ2n) is 5.29. The lowest BCUT2D eigenvalue weighted by molar-refractivity contribution is -0.132. The van der Waals surface area contributed by atoms with Gasteiger partial charge in [-0.05, 0) is 26.0 Å². The highest BCUT2D eigenvalue weighted by Crippen LogP contribution is 2.07. The predicted octanol–water partition coefficient (Wildman–Crippen LogP) is 0.296. The number of para-hydroxylation sites is 1. The van der Waals surface area contributed by atoms with Crippen LogP contribution in [0.3, 0.4) is 0 Å². The van der Waals surface area contributed by atoms with Crippen LogP contribution in [0.2, 0.25) is 0 Å². The number of benzene rings is 1. The van der Waals surface area contributed by atoms with Gasteiger partial charge in [0, 0.05) is 12.1 Å². The fourth-order valence-electron chi connectivity index (χ4n) is 1.52. The van der Waals surface area contributed by atoms with E-state index in [0.29, 0.717) is 26.4 Å². The van der Waals surface area contributed by atoms with Crippen molar-refractivity contribution >= 4 is 5.91 Å². The van der Waals surface area contributed by atoms with Crippen LogP contribution in [0.25, 0.3) is 0 Å². The lowest BCUT2D eigenvalue weighted by atomic mass is 9.98. The first kappa shape index (κ1) is 17.4. The summed E-state index contributed by atoms with van der Waals surface area (Å²) < 4.78 is 10.8. The summed E-state index contributed by atoms with van der Waals surface area (Å²) in [6.07, 6.45) is -1.24. The molecule has 21 heavy (non-hydrogen) atoms. The molecule has 4 N–H and O–H groups in total. The number of rotatable bonds is 9. The second kappa shape index (κ2) is 8.61. The molecule has 0 aliphatic carbocycles. The number of nitrogens with one attached hydrogen (secondary N) is 1. The van der Waals surface area contributed by atoms with Crippen molar-refractivity contribution in [2.45, 2.75) is 25.5 Å². The Morgan fingerprint density at radius 3 is 2.57 bits per heavy atom. The largest absolute Gasteiger partial charge is 0.491 e. The molecule has 1 unspecified atom stereocenters. The maximum absolute atomic E-state index is 11.5. The molecule has 0 saturated heterocycles. The molecule has 0 bridgehead atoms. The smallest absolute Gasteiger partial charge is 0.250 e. The summed E-state index contributed by atoms with van der Waals surface area (Å²) in [5.41, 5.74) is 4.68. The molecule has 0 radical (unpaired) electrons. The predicted molar refractivity (Wildman–Crippen MR) is 80.0 cm³/mol. The summed E-state index contributed by atoms with van der Waals surface area (Å²) >= 11 is 0. The molecule has 6 heteroatoms. The molecule has 1 atom stereocenters. The number of carbonyl (C=O) groups is 1. The SMILES string of the molecule is CC(C)(N)C(O)C(=O)NCCOCCOc1ccccc1. The van der Waals surface area contributed by atoms with E-state index in [9.17, 15) is 9.90 Å². The third kappa shape index (κ3) is 7.08. The first-order valence-electron chi connectivity index (χ1n) is 6.91. The maximum atomic E-state index is 11.5. The number of hydrogen-bond acceptors (Lipinski definition) is 5. The number of carbonyl (C=O) groups excluding carboxylic acids is 1. The standard InChI is InChI=1S/C15H24N2O4/c1-15(2,16)13(18)14(19)17-8-9-20-10-11-21-12-6-4-3-5-7-12/h3-7,13,18H,8-11,16H2,1-2H3,(H,17,19). The first-order valence-corrected chi connectivity index (χ1v) is 6.91. The normalized spacial score (nSPS) is 12.8. The van der Waals surface area contributed by atoms with Gasteiger partial charge in [-0.25, -0.2) is 0 Å². The number of hydrogen-bond donors (Lipinski definition) is 3. The molecule has 0 saturated carbocycles. The lowest BCUT2D eigenvalue weighted by Gasteiger charge is -2.24. The number of aliphatic hydroxyl groups excluding tert-OH is 1. The molecule has 0 fully saturated rings. The molecule has 1 rings (SSSR count). The van der Waals surface area contributed by atoms with Crippen molar-refractivity contribution in [2.24, 2.45) is 5.73 Å². The Balaban J connectivity index is 2.03. The van der Waals surface area contributed by atoms with Gasteiger partial charge in [-0.1, -0.05) is 18.2 Å². The van der Waals surface area contributed by atoms with Gasteiger partial charge in [0.15, 0.2) is 0 Å². The van der Waals surface area contributed by atoms with Crippen LogP contribution in [0.15, 0.2) is 30.3 Å². The molecule has 0 spiro atoms. The number of ether oxygens (including phenoxy) is 2. The van der Waals surface area contributed by atoms with E-state index in [1.165, 1.54) is 0 Å². The minimum absolute atomic E-state index is 0.317. The Morgan fingerprint density at radius 1 is 1.29 bits per heavy atom. The minimum Gasteiger partial charge on any atom is -0.491 e. The summed E-state index contributed by atoms with van der Waals surface area (Å²) in [6, 6.07) is 9.46. The lowest BCUT2D eigenvalue weighted by Crippen LogP contribution is -2.53. The van der Waals surface area contributed by atoms with E-state index in [2.05, 4.69) is 5.32 Å². The molecular weight excluding hydrogens is 272 g/mol. The zero-order valence-corrected chi connectivity index (χ0v) is 12.5. The zero-order valence-electron chi connectivity index (χ0n) is 12.5. The van der Waals surface area contributed by atoms with Crippen LogP contribution in [0.5, 0.6) is 5.75 Å². The van der Waals surface area contributed by atoms with Crippen LogP contribution >= 0.6 is 0 Å². The van der Waals surface area contributed by atoms with Gasteiger partial charge in [-0.15, -0.1) is 0 Å². The molecule has 118 valence electrons. The third-order valence-corrected chi connectivity index (χ3v) is 2.74. The van der Waals surface area contributed by atoms with Crippen molar-refractivity contribution < 1.29 is 19.4 Å². The van der Waals surface area contributed by atoms with E-state index in [0.717, 1.165) is 5.75 Å². The highest BCUT2D eigenvalue weighted by atomic mass is 16.5. The van der Waals surface area contributed by atoms with Crippen molar-refractivity contribution in [2.75, 3.05) is 26.4 Å². The molecule has 1 aromatic rings. The molecule has 0 heterocycles. The van der Waals surface area contributed by atoms with Crippen LogP contribution in [-0.4, -0.2) is 49.0 Å². The Hall–Kier alpha value is -1.63. The molecule has 0 aliphatic heterocycles. The topological polar surface area (TPSA) is 93.8 Å². The van der Waals surface area contributed by atoms with Crippen molar-refractivity contribution in [3.8, 4) is 5.75 Å². The fourth-order valence-corrected chi connectivity index (χ4v) is 1.52. The zero-order chi connectivity index (χ0) is 15.7. The second-order valence-corrected chi connectivity index (χ2v) is 5.29. The van der Waals surface area contributed by atoms with Crippen molar-refractivity contribution in [1.29, 1.82) is 0 Å². The highest BCUT2D eigenvalue weighted by Gasteiger charge is 2.29. The van der Waals surface area contributed by atoms with Crippen molar-refractivity contribution in [1.82, 2.24) is 5.32 Å². The first-order chi connectivity index (χ1) is 9.91. The Kier molecular flexibility index (Phi) is 7.14. The average Bonchev–Trinajstić information content (AvgIpc) is 2.45. The number of nitrogens with two attached hydrogens (primary N) is 1. The molecule has 1 aromatic carbocycles. The molecular formula is C15H24N2O4. The van der Waals surface area contributed by atoms with Crippen molar-refractivity contribution in [3.63, 3.8) is 0 Å².